The molecule has 1 fully saturated rings. The van der Waals surface area contributed by atoms with Crippen LogP contribution in [0, 0.1) is 11.6 Å². The van der Waals surface area contributed by atoms with Crippen LogP contribution in [0.3, 0.4) is 0 Å². The van der Waals surface area contributed by atoms with Crippen LogP contribution < -0.4 is 16.0 Å². The minimum Gasteiger partial charge on any atom is -0.364 e. The van der Waals surface area contributed by atoms with Crippen LogP contribution in [0.25, 0.3) is 0 Å². The molecule has 0 unspecified atom stereocenters. The van der Waals surface area contributed by atoms with Gasteiger partial charge in [0.1, 0.15) is 17.3 Å². The van der Waals surface area contributed by atoms with Crippen LogP contribution in [-0.2, 0) is 0 Å². The number of nitrogens with one attached hydrogen (secondary N) is 2. The lowest BCUT2D eigenvalue weighted by Gasteiger charge is -2.30. The van der Waals surface area contributed by atoms with E-state index in [2.05, 4.69) is 20.2 Å². The first kappa shape index (κ1) is 25.0. The van der Waals surface area contributed by atoms with Crippen molar-refractivity contribution in [2.24, 2.45) is 5.73 Å². The second-order valence-electron chi connectivity index (χ2n) is 8.47. The highest BCUT2D eigenvalue weighted by molar-refractivity contribution is 6.11. The first-order chi connectivity index (χ1) is 17.3. The molecule has 1 aliphatic heterocycles. The summed E-state index contributed by atoms with van der Waals surface area (Å²) in [6.45, 7) is 2.59. The van der Waals surface area contributed by atoms with Crippen LogP contribution in [-0.4, -0.2) is 58.8 Å². The number of carbonyl (C=O) groups excluding carboxylic acids is 3. The predicted molar refractivity (Wildman–Crippen MR) is 130 cm³/mol. The lowest BCUT2D eigenvalue weighted by atomic mass is 10.1. The van der Waals surface area contributed by atoms with E-state index in [1.807, 2.05) is 0 Å². The number of rotatable bonds is 8. The van der Waals surface area contributed by atoms with E-state index < -0.39 is 29.4 Å². The van der Waals surface area contributed by atoms with Gasteiger partial charge in [0.05, 0.1) is 12.0 Å². The molecule has 1 aliphatic rings. The molecule has 0 atom stereocenters. The van der Waals surface area contributed by atoms with Crippen LogP contribution in [0.2, 0.25) is 0 Å². The third-order valence-corrected chi connectivity index (χ3v) is 6.04. The van der Waals surface area contributed by atoms with Crippen molar-refractivity contribution < 1.29 is 23.2 Å². The molecule has 1 saturated heterocycles. The van der Waals surface area contributed by atoms with Crippen molar-refractivity contribution in [1.29, 1.82) is 0 Å². The second-order valence-corrected chi connectivity index (χ2v) is 8.47. The fourth-order valence-corrected chi connectivity index (χ4v) is 4.12. The fourth-order valence-electron chi connectivity index (χ4n) is 4.12. The van der Waals surface area contributed by atoms with Crippen molar-refractivity contribution in [3.05, 3.63) is 77.4 Å². The molecule has 2 aromatic carbocycles. The summed E-state index contributed by atoms with van der Waals surface area (Å²) in [5.41, 5.74) is 5.36. The van der Waals surface area contributed by atoms with Crippen LogP contribution in [0.1, 0.15) is 50.6 Å². The summed E-state index contributed by atoms with van der Waals surface area (Å²) in [6, 6.07) is 8.82. The number of nitrogens with zero attached hydrogens (tertiary/aromatic N) is 3. The predicted octanol–water partition coefficient (Wildman–Crippen LogP) is 3.17. The molecule has 4 N–H and O–H groups in total. The number of hydrogen-bond acceptors (Lipinski definition) is 5. The van der Waals surface area contributed by atoms with Gasteiger partial charge in [-0.25, -0.2) is 13.8 Å². The molecule has 36 heavy (non-hydrogen) atoms. The molecular formula is C25H26F2N6O3. The maximum absolute atomic E-state index is 15.0. The van der Waals surface area contributed by atoms with E-state index in [1.54, 1.807) is 0 Å². The van der Waals surface area contributed by atoms with Gasteiger partial charge in [-0.3, -0.25) is 14.4 Å². The molecule has 4 rings (SSSR count). The van der Waals surface area contributed by atoms with Crippen LogP contribution in [0.4, 0.5) is 20.2 Å². The molecule has 3 amide bonds. The van der Waals surface area contributed by atoms with Gasteiger partial charge in [0.15, 0.2) is 5.69 Å². The minimum atomic E-state index is -0.861. The van der Waals surface area contributed by atoms with Crippen molar-refractivity contribution in [2.75, 3.05) is 36.4 Å². The van der Waals surface area contributed by atoms with Crippen molar-refractivity contribution in [3.8, 4) is 0 Å². The number of primary amides is 1. The van der Waals surface area contributed by atoms with E-state index >= 15 is 4.39 Å². The average Bonchev–Trinajstić information content (AvgIpc) is 3.37. The van der Waals surface area contributed by atoms with Gasteiger partial charge in [-0.15, -0.1) is 0 Å². The summed E-state index contributed by atoms with van der Waals surface area (Å²) in [5, 5.41) is 2.45. The highest BCUT2D eigenvalue weighted by Crippen LogP contribution is 2.25. The van der Waals surface area contributed by atoms with Gasteiger partial charge in [-0.1, -0.05) is 6.42 Å². The van der Waals surface area contributed by atoms with Crippen LogP contribution in [0.15, 0.2) is 48.8 Å². The Bertz CT molecular complexity index is 1250. The second kappa shape index (κ2) is 11.1. The van der Waals surface area contributed by atoms with Crippen molar-refractivity contribution in [2.45, 2.75) is 19.3 Å². The van der Waals surface area contributed by atoms with Gasteiger partial charge in [-0.05, 0) is 68.4 Å². The Hall–Kier alpha value is -4.12. The maximum atomic E-state index is 15.0. The van der Waals surface area contributed by atoms with Crippen molar-refractivity contribution in [1.82, 2.24) is 14.9 Å². The highest BCUT2D eigenvalue weighted by Gasteiger charge is 2.26. The zero-order valence-corrected chi connectivity index (χ0v) is 19.5. The number of carbonyl (C=O) groups is 3. The van der Waals surface area contributed by atoms with Crippen LogP contribution >= 0.6 is 0 Å². The summed E-state index contributed by atoms with van der Waals surface area (Å²) in [6.07, 6.45) is 4.49. The molecular weight excluding hydrogens is 470 g/mol. The van der Waals surface area contributed by atoms with Gasteiger partial charge in [0.25, 0.3) is 17.7 Å². The smallest absolute Gasteiger partial charge is 0.277 e. The third-order valence-electron chi connectivity index (χ3n) is 6.04. The number of amides is 3. The molecule has 3 aromatic rings. The van der Waals surface area contributed by atoms with E-state index in [4.69, 9.17) is 5.73 Å². The number of likely N-dealkylation sites (tertiary alicyclic amines) is 1. The van der Waals surface area contributed by atoms with E-state index in [9.17, 15) is 18.8 Å². The molecule has 0 radical (unpaired) electrons. The molecule has 0 aliphatic carbocycles. The third kappa shape index (κ3) is 5.74. The van der Waals surface area contributed by atoms with Gasteiger partial charge < -0.3 is 25.8 Å². The monoisotopic (exact) mass is 496 g/mol. The minimum absolute atomic E-state index is 0.0877. The molecule has 11 heteroatoms. The summed E-state index contributed by atoms with van der Waals surface area (Å²) in [4.78, 5) is 47.6. The Morgan fingerprint density at radius 3 is 2.44 bits per heavy atom. The number of nitrogens with two attached hydrogens (primary N) is 1. The molecule has 0 saturated carbocycles. The number of piperidine rings is 1. The maximum Gasteiger partial charge on any atom is 0.277 e. The van der Waals surface area contributed by atoms with E-state index in [0.717, 1.165) is 50.6 Å². The Labute approximate surface area is 206 Å². The zero-order valence-electron chi connectivity index (χ0n) is 19.5. The summed E-state index contributed by atoms with van der Waals surface area (Å²) < 4.78 is 28.2. The number of benzene rings is 2. The Morgan fingerprint density at radius 1 is 1.06 bits per heavy atom. The van der Waals surface area contributed by atoms with Gasteiger partial charge in [0.2, 0.25) is 0 Å². The standard InChI is InChI=1S/C25H26F2N6O3/c26-17-6-4-16(5-7-17)24(35)31-20-9-8-18(14-19(20)27)33(13-12-32-10-2-1-3-11-32)25(36)22-21(23(28)34)29-15-30-22/h4-9,14-15H,1-3,10-13H2,(H2,28,34)(H,29,30)(H,31,35). The number of aromatic nitrogens is 2. The number of H-pyrrole nitrogens is 1. The molecule has 2 heterocycles. The van der Waals surface area contributed by atoms with Crippen molar-refractivity contribution >= 4 is 29.1 Å². The van der Waals surface area contributed by atoms with Crippen molar-refractivity contribution in [3.63, 3.8) is 0 Å². The number of aromatic amines is 1. The van der Waals surface area contributed by atoms with Gasteiger partial charge in [0, 0.05) is 24.3 Å². The lowest BCUT2D eigenvalue weighted by molar-refractivity contribution is 0.0952. The summed E-state index contributed by atoms with van der Waals surface area (Å²) in [5.74, 6) is -3.31. The average molecular weight is 497 g/mol. The highest BCUT2D eigenvalue weighted by atomic mass is 19.1. The Morgan fingerprint density at radius 2 is 1.78 bits per heavy atom. The number of halogens is 2. The van der Waals surface area contributed by atoms with E-state index in [-0.39, 0.29) is 34.9 Å². The summed E-state index contributed by atoms with van der Waals surface area (Å²) >= 11 is 0. The largest absolute Gasteiger partial charge is 0.364 e. The molecule has 0 bridgehead atoms. The normalized spacial score (nSPS) is 13.8. The molecule has 1 aromatic heterocycles. The van der Waals surface area contributed by atoms with E-state index in [1.165, 1.54) is 35.5 Å². The SMILES string of the molecule is NC(=O)c1nc[nH]c1C(=O)N(CCN1CCCCC1)c1ccc(NC(=O)c2ccc(F)cc2)c(F)c1. The van der Waals surface area contributed by atoms with Gasteiger partial charge >= 0.3 is 0 Å². The number of hydrogen-bond donors (Lipinski definition) is 3. The van der Waals surface area contributed by atoms with Crippen LogP contribution in [0.5, 0.6) is 0 Å². The number of imidazole rings is 1. The summed E-state index contributed by atoms with van der Waals surface area (Å²) in [7, 11) is 0. The molecule has 0 spiro atoms. The molecule has 9 nitrogen and oxygen atoms in total. The first-order valence-electron chi connectivity index (χ1n) is 11.6. The Kier molecular flexibility index (Phi) is 7.69. The quantitative estimate of drug-likeness (QED) is 0.442. The fraction of sp³-hybridized carbons (Fsp3) is 0.280. The topological polar surface area (TPSA) is 124 Å². The zero-order chi connectivity index (χ0) is 25.7. The lowest BCUT2D eigenvalue weighted by Crippen LogP contribution is -2.41. The van der Waals surface area contributed by atoms with Gasteiger partial charge in [-0.2, -0.15) is 0 Å². The Balaban J connectivity index is 1.58. The molecule has 188 valence electrons. The number of anilines is 2. The van der Waals surface area contributed by atoms with E-state index in [0.29, 0.717) is 6.54 Å². The first-order valence-corrected chi connectivity index (χ1v) is 11.6.